The lowest BCUT2D eigenvalue weighted by Gasteiger charge is -2.36. The van der Waals surface area contributed by atoms with E-state index in [1.54, 1.807) is 0 Å². The molecule has 0 heterocycles. The summed E-state index contributed by atoms with van der Waals surface area (Å²) in [6, 6.07) is 0. The van der Waals surface area contributed by atoms with Crippen LogP contribution in [0.2, 0.25) is 18.1 Å². The van der Waals surface area contributed by atoms with Crippen molar-refractivity contribution >= 4 is 8.32 Å². The normalized spacial score (nSPS) is 15.4. The van der Waals surface area contributed by atoms with Crippen molar-refractivity contribution in [3.05, 3.63) is 0 Å². The molecule has 0 aromatic rings. The molecule has 0 aliphatic heterocycles. The standard InChI is InChI=1S/C12H28O2Si/c1-7-8-9-11(13)10-14-15(5,6)12(2,3)4/h11,13H,7-10H2,1-6H3/t11-/m1/s1. The number of unbranched alkanes of at least 4 members (excludes halogenated alkanes) is 1. The summed E-state index contributed by atoms with van der Waals surface area (Å²) >= 11 is 0. The molecule has 0 aromatic heterocycles. The summed E-state index contributed by atoms with van der Waals surface area (Å²) < 4.78 is 5.94. The molecule has 0 unspecified atom stereocenters. The van der Waals surface area contributed by atoms with Crippen molar-refractivity contribution in [2.75, 3.05) is 6.61 Å². The second-order valence-electron chi connectivity index (χ2n) is 5.87. The maximum absolute atomic E-state index is 9.71. The average Bonchev–Trinajstić information content (AvgIpc) is 2.09. The van der Waals surface area contributed by atoms with Gasteiger partial charge < -0.3 is 9.53 Å². The van der Waals surface area contributed by atoms with Crippen LogP contribution >= 0.6 is 0 Å². The molecule has 0 spiro atoms. The van der Waals surface area contributed by atoms with E-state index in [2.05, 4.69) is 40.8 Å². The minimum Gasteiger partial charge on any atom is -0.414 e. The van der Waals surface area contributed by atoms with E-state index in [4.69, 9.17) is 4.43 Å². The van der Waals surface area contributed by atoms with E-state index in [-0.39, 0.29) is 11.1 Å². The summed E-state index contributed by atoms with van der Waals surface area (Å²) in [5.74, 6) is 0. The predicted octanol–water partition coefficient (Wildman–Crippen LogP) is 3.56. The van der Waals surface area contributed by atoms with Gasteiger partial charge in [0.2, 0.25) is 0 Å². The van der Waals surface area contributed by atoms with E-state index < -0.39 is 8.32 Å². The Morgan fingerprint density at radius 1 is 1.27 bits per heavy atom. The van der Waals surface area contributed by atoms with Gasteiger partial charge in [-0.1, -0.05) is 40.5 Å². The molecule has 0 aromatic carbocycles. The zero-order chi connectivity index (χ0) is 12.1. The topological polar surface area (TPSA) is 29.5 Å². The van der Waals surface area contributed by atoms with Gasteiger partial charge in [-0.25, -0.2) is 0 Å². The van der Waals surface area contributed by atoms with Gasteiger partial charge in [0.15, 0.2) is 8.32 Å². The Morgan fingerprint density at radius 2 is 1.80 bits per heavy atom. The minimum atomic E-state index is -1.67. The first-order valence-electron chi connectivity index (χ1n) is 6.02. The Kier molecular flexibility index (Phi) is 6.07. The molecule has 1 atom stereocenters. The number of rotatable bonds is 6. The van der Waals surface area contributed by atoms with E-state index in [9.17, 15) is 5.11 Å². The maximum atomic E-state index is 9.71. The molecule has 0 radical (unpaired) electrons. The fourth-order valence-electron chi connectivity index (χ4n) is 1.04. The molecule has 0 amide bonds. The lowest BCUT2D eigenvalue weighted by Crippen LogP contribution is -2.42. The van der Waals surface area contributed by atoms with Crippen molar-refractivity contribution in [3.8, 4) is 0 Å². The molecule has 0 aliphatic rings. The Morgan fingerprint density at radius 3 is 2.20 bits per heavy atom. The van der Waals surface area contributed by atoms with Gasteiger partial charge in [-0.15, -0.1) is 0 Å². The summed E-state index contributed by atoms with van der Waals surface area (Å²) in [6.45, 7) is 13.8. The van der Waals surface area contributed by atoms with Gasteiger partial charge in [0, 0.05) is 0 Å². The zero-order valence-corrected chi connectivity index (χ0v) is 12.3. The molecule has 0 fully saturated rings. The van der Waals surface area contributed by atoms with Gasteiger partial charge >= 0.3 is 0 Å². The Labute approximate surface area is 96.2 Å². The first kappa shape index (κ1) is 15.1. The van der Waals surface area contributed by atoms with Crippen LogP contribution < -0.4 is 0 Å². The van der Waals surface area contributed by atoms with Crippen LogP contribution in [0.4, 0.5) is 0 Å². The van der Waals surface area contributed by atoms with E-state index in [0.29, 0.717) is 6.61 Å². The highest BCUT2D eigenvalue weighted by molar-refractivity contribution is 6.74. The molecule has 1 N–H and O–H groups in total. The Bertz CT molecular complexity index is 173. The van der Waals surface area contributed by atoms with E-state index in [0.717, 1.165) is 19.3 Å². The van der Waals surface area contributed by atoms with Gasteiger partial charge in [0.25, 0.3) is 0 Å². The summed E-state index contributed by atoms with van der Waals surface area (Å²) in [5, 5.41) is 9.94. The maximum Gasteiger partial charge on any atom is 0.192 e. The second kappa shape index (κ2) is 6.02. The molecular formula is C12H28O2Si. The number of aliphatic hydroxyl groups is 1. The summed E-state index contributed by atoms with van der Waals surface area (Å²) in [4.78, 5) is 0. The van der Waals surface area contributed by atoms with Crippen LogP contribution in [0.15, 0.2) is 0 Å². The zero-order valence-electron chi connectivity index (χ0n) is 11.3. The molecule has 3 heteroatoms. The lowest BCUT2D eigenvalue weighted by molar-refractivity contribution is 0.0910. The highest BCUT2D eigenvalue weighted by Crippen LogP contribution is 2.36. The summed E-state index contributed by atoms with van der Waals surface area (Å²) in [6.07, 6.45) is 2.81. The Hall–Kier alpha value is 0.137. The predicted molar refractivity (Wildman–Crippen MR) is 68.7 cm³/mol. The second-order valence-corrected chi connectivity index (χ2v) is 10.7. The minimum absolute atomic E-state index is 0.234. The number of hydrogen-bond acceptors (Lipinski definition) is 2. The van der Waals surface area contributed by atoms with Crippen LogP contribution in [-0.4, -0.2) is 26.1 Å². The van der Waals surface area contributed by atoms with Crippen molar-refractivity contribution < 1.29 is 9.53 Å². The van der Waals surface area contributed by atoms with Crippen LogP contribution in [0, 0.1) is 0 Å². The molecule has 0 saturated heterocycles. The quantitative estimate of drug-likeness (QED) is 0.710. The summed E-state index contributed by atoms with van der Waals surface area (Å²) in [7, 11) is -1.67. The van der Waals surface area contributed by atoms with Crippen LogP contribution in [0.1, 0.15) is 47.0 Å². The molecule has 0 rings (SSSR count). The van der Waals surface area contributed by atoms with Gasteiger partial charge in [-0.3, -0.25) is 0 Å². The van der Waals surface area contributed by atoms with Crippen molar-refractivity contribution in [1.82, 2.24) is 0 Å². The third-order valence-corrected chi connectivity index (χ3v) is 7.83. The molecule has 92 valence electrons. The largest absolute Gasteiger partial charge is 0.414 e. The Balaban J connectivity index is 3.93. The lowest BCUT2D eigenvalue weighted by atomic mass is 10.2. The molecule has 0 aliphatic carbocycles. The van der Waals surface area contributed by atoms with Gasteiger partial charge in [0.1, 0.15) is 0 Å². The molecular weight excluding hydrogens is 204 g/mol. The molecule has 0 bridgehead atoms. The molecule has 2 nitrogen and oxygen atoms in total. The fraction of sp³-hybridized carbons (Fsp3) is 1.00. The van der Waals surface area contributed by atoms with Crippen LogP contribution in [-0.2, 0) is 4.43 Å². The average molecular weight is 232 g/mol. The third kappa shape index (κ3) is 5.69. The van der Waals surface area contributed by atoms with E-state index in [1.807, 2.05) is 0 Å². The monoisotopic (exact) mass is 232 g/mol. The van der Waals surface area contributed by atoms with Crippen LogP contribution in [0.25, 0.3) is 0 Å². The first-order chi connectivity index (χ1) is 6.70. The highest BCUT2D eigenvalue weighted by Gasteiger charge is 2.37. The molecule has 0 saturated carbocycles. The number of hydrogen-bond donors (Lipinski definition) is 1. The van der Waals surface area contributed by atoms with E-state index >= 15 is 0 Å². The smallest absolute Gasteiger partial charge is 0.192 e. The van der Waals surface area contributed by atoms with Gasteiger partial charge in [0.05, 0.1) is 12.7 Å². The molecule has 15 heavy (non-hydrogen) atoms. The van der Waals surface area contributed by atoms with Gasteiger partial charge in [-0.05, 0) is 24.6 Å². The van der Waals surface area contributed by atoms with Crippen LogP contribution in [0.3, 0.4) is 0 Å². The van der Waals surface area contributed by atoms with E-state index in [1.165, 1.54) is 0 Å². The van der Waals surface area contributed by atoms with Crippen LogP contribution in [0.5, 0.6) is 0 Å². The first-order valence-corrected chi connectivity index (χ1v) is 8.93. The van der Waals surface area contributed by atoms with Crippen molar-refractivity contribution in [2.45, 2.75) is 71.2 Å². The highest BCUT2D eigenvalue weighted by atomic mass is 28.4. The summed E-state index contributed by atoms with van der Waals surface area (Å²) in [5.41, 5.74) is 0. The number of aliphatic hydroxyl groups excluding tert-OH is 1. The fourth-order valence-corrected chi connectivity index (χ4v) is 2.09. The third-order valence-electron chi connectivity index (χ3n) is 3.33. The van der Waals surface area contributed by atoms with Crippen molar-refractivity contribution in [2.24, 2.45) is 0 Å². The SMILES string of the molecule is CCCC[C@@H](O)CO[Si](C)(C)C(C)(C)C. The van der Waals surface area contributed by atoms with Gasteiger partial charge in [-0.2, -0.15) is 0 Å². The van der Waals surface area contributed by atoms with Crippen molar-refractivity contribution in [1.29, 1.82) is 0 Å². The van der Waals surface area contributed by atoms with Crippen molar-refractivity contribution in [3.63, 3.8) is 0 Å².